The molecule has 0 aromatic carbocycles. The van der Waals surface area contributed by atoms with Crippen LogP contribution in [-0.4, -0.2) is 87.4 Å². The summed E-state index contributed by atoms with van der Waals surface area (Å²) < 4.78 is 0. The molecule has 0 aliphatic heterocycles. The van der Waals surface area contributed by atoms with Gasteiger partial charge in [0.15, 0.2) is 5.96 Å². The minimum absolute atomic E-state index is 0.0197. The summed E-state index contributed by atoms with van der Waals surface area (Å²) in [6.45, 7) is 1.66. The SMILES string of the molecule is CSCCC(N)C(=O)NC(C)C(=O)NC(Cc1cnc[nH]1)C(=O)NC(CCCN=C(N)N)C(=O)O. The fraction of sp³-hybridized carbons (Fsp3) is 0.600. The quantitative estimate of drug-likeness (QED) is 0.0664. The predicted molar refractivity (Wildman–Crippen MR) is 132 cm³/mol. The van der Waals surface area contributed by atoms with Crippen LogP contribution in [0.3, 0.4) is 0 Å². The number of rotatable bonds is 16. The molecule has 15 heteroatoms. The van der Waals surface area contributed by atoms with E-state index in [1.807, 2.05) is 6.26 Å². The number of carboxylic acid groups (broad SMARTS) is 1. The number of aliphatic imine (C=N–C) groups is 1. The van der Waals surface area contributed by atoms with Crippen LogP contribution in [0.15, 0.2) is 17.5 Å². The first-order chi connectivity index (χ1) is 16.5. The minimum Gasteiger partial charge on any atom is -0.480 e. The molecule has 0 saturated heterocycles. The summed E-state index contributed by atoms with van der Waals surface area (Å²) in [5, 5.41) is 17.0. The number of hydrogen-bond donors (Lipinski definition) is 8. The number of aromatic nitrogens is 2. The number of aliphatic carboxylic acids is 1. The summed E-state index contributed by atoms with van der Waals surface area (Å²) in [4.78, 5) is 60.0. The number of nitrogens with zero attached hydrogens (tertiary/aromatic N) is 2. The molecule has 1 rings (SSSR count). The third-order valence-electron chi connectivity index (χ3n) is 4.89. The third kappa shape index (κ3) is 11.6. The van der Waals surface area contributed by atoms with Crippen molar-refractivity contribution in [3.8, 4) is 0 Å². The number of hydrogen-bond acceptors (Lipinski definition) is 8. The van der Waals surface area contributed by atoms with Crippen molar-refractivity contribution >= 4 is 41.4 Å². The number of nitrogens with one attached hydrogen (secondary N) is 4. The van der Waals surface area contributed by atoms with Gasteiger partial charge in [-0.1, -0.05) is 0 Å². The first-order valence-electron chi connectivity index (χ1n) is 11.0. The molecule has 196 valence electrons. The van der Waals surface area contributed by atoms with Crippen LogP contribution in [0.25, 0.3) is 0 Å². The average molecular weight is 514 g/mol. The minimum atomic E-state index is -1.24. The van der Waals surface area contributed by atoms with Gasteiger partial charge in [-0.25, -0.2) is 9.78 Å². The molecule has 0 bridgehead atoms. The number of carbonyl (C=O) groups is 4. The summed E-state index contributed by atoms with van der Waals surface area (Å²) >= 11 is 1.55. The van der Waals surface area contributed by atoms with Gasteiger partial charge in [-0.2, -0.15) is 11.8 Å². The normalized spacial score (nSPS) is 14.1. The molecule has 4 unspecified atom stereocenters. The standard InChI is InChI=1S/C20H35N9O5S/c1-11(27-17(31)13(21)5-7-35-2)16(30)29-15(8-12-9-24-10-26-12)18(32)28-14(19(33)34)4-3-6-25-20(22)23/h9-11,13-15H,3-8,21H2,1-2H3,(H,24,26)(H,27,31)(H,28,32)(H,29,30)(H,33,34)(H4,22,23,25). The van der Waals surface area contributed by atoms with Crippen molar-refractivity contribution < 1.29 is 24.3 Å². The Morgan fingerprint density at radius 3 is 2.37 bits per heavy atom. The van der Waals surface area contributed by atoms with E-state index in [2.05, 4.69) is 30.9 Å². The fourth-order valence-corrected chi connectivity index (χ4v) is 3.41. The summed E-state index contributed by atoms with van der Waals surface area (Å²) in [7, 11) is 0. The average Bonchev–Trinajstić information content (AvgIpc) is 3.31. The Morgan fingerprint density at radius 2 is 1.80 bits per heavy atom. The van der Waals surface area contributed by atoms with Gasteiger partial charge >= 0.3 is 5.97 Å². The highest BCUT2D eigenvalue weighted by Gasteiger charge is 2.29. The smallest absolute Gasteiger partial charge is 0.326 e. The van der Waals surface area contributed by atoms with E-state index in [4.69, 9.17) is 17.2 Å². The van der Waals surface area contributed by atoms with Crippen molar-refractivity contribution in [3.05, 3.63) is 18.2 Å². The molecule has 0 aliphatic rings. The van der Waals surface area contributed by atoms with E-state index in [1.54, 1.807) is 11.8 Å². The lowest BCUT2D eigenvalue weighted by atomic mass is 10.1. The molecule has 3 amide bonds. The Hall–Kier alpha value is -3.33. The van der Waals surface area contributed by atoms with E-state index >= 15 is 0 Å². The maximum Gasteiger partial charge on any atom is 0.326 e. The number of aromatic amines is 1. The van der Waals surface area contributed by atoms with Crippen LogP contribution in [0.1, 0.15) is 31.9 Å². The van der Waals surface area contributed by atoms with Crippen LogP contribution in [0.5, 0.6) is 0 Å². The van der Waals surface area contributed by atoms with Gasteiger partial charge in [-0.3, -0.25) is 19.4 Å². The second-order valence-electron chi connectivity index (χ2n) is 7.81. The van der Waals surface area contributed by atoms with E-state index in [0.29, 0.717) is 24.3 Å². The largest absolute Gasteiger partial charge is 0.480 e. The zero-order valence-electron chi connectivity index (χ0n) is 19.8. The Bertz CT molecular complexity index is 861. The van der Waals surface area contributed by atoms with E-state index in [0.717, 1.165) is 0 Å². The van der Waals surface area contributed by atoms with Gasteiger partial charge in [-0.15, -0.1) is 0 Å². The first-order valence-corrected chi connectivity index (χ1v) is 12.4. The Labute approximate surface area is 207 Å². The van der Waals surface area contributed by atoms with Gasteiger partial charge in [0.2, 0.25) is 17.7 Å². The van der Waals surface area contributed by atoms with Crippen LogP contribution in [-0.2, 0) is 25.6 Å². The Kier molecular flexibility index (Phi) is 13.2. The number of amides is 3. The van der Waals surface area contributed by atoms with Crippen LogP contribution in [0.2, 0.25) is 0 Å². The number of guanidine groups is 1. The number of carbonyl (C=O) groups excluding carboxylic acids is 3. The Balaban J connectivity index is 2.83. The van der Waals surface area contributed by atoms with Gasteiger partial charge in [0.05, 0.1) is 12.4 Å². The number of nitrogens with two attached hydrogens (primary N) is 3. The van der Waals surface area contributed by atoms with Crippen molar-refractivity contribution in [1.29, 1.82) is 0 Å². The predicted octanol–water partition coefficient (Wildman–Crippen LogP) is -2.35. The van der Waals surface area contributed by atoms with E-state index < -0.39 is 47.9 Å². The highest BCUT2D eigenvalue weighted by molar-refractivity contribution is 7.98. The molecule has 11 N–H and O–H groups in total. The molecular weight excluding hydrogens is 478 g/mol. The van der Waals surface area contributed by atoms with E-state index in [9.17, 15) is 24.3 Å². The maximum absolute atomic E-state index is 12.9. The number of thioether (sulfide) groups is 1. The van der Waals surface area contributed by atoms with Crippen LogP contribution >= 0.6 is 11.8 Å². The van der Waals surface area contributed by atoms with Crippen molar-refractivity contribution in [1.82, 2.24) is 25.9 Å². The van der Waals surface area contributed by atoms with Crippen molar-refractivity contribution in [3.63, 3.8) is 0 Å². The first kappa shape index (κ1) is 29.7. The number of H-pyrrole nitrogens is 1. The monoisotopic (exact) mass is 513 g/mol. The second-order valence-corrected chi connectivity index (χ2v) is 8.79. The highest BCUT2D eigenvalue weighted by Crippen LogP contribution is 2.04. The molecule has 1 aromatic heterocycles. The van der Waals surface area contributed by atoms with Gasteiger partial charge in [-0.05, 0) is 38.2 Å². The van der Waals surface area contributed by atoms with E-state index in [1.165, 1.54) is 19.4 Å². The molecule has 4 atom stereocenters. The molecule has 0 radical (unpaired) electrons. The summed E-state index contributed by atoms with van der Waals surface area (Å²) in [6, 6.07) is -4.09. The summed E-state index contributed by atoms with van der Waals surface area (Å²) in [5.41, 5.74) is 16.9. The zero-order chi connectivity index (χ0) is 26.4. The summed E-state index contributed by atoms with van der Waals surface area (Å²) in [6.07, 6.45) is 5.64. The molecule has 1 aromatic rings. The van der Waals surface area contributed by atoms with Crippen molar-refractivity contribution in [2.24, 2.45) is 22.2 Å². The van der Waals surface area contributed by atoms with Gasteiger partial charge in [0, 0.05) is 24.9 Å². The molecule has 0 spiro atoms. The number of imidazole rings is 1. The van der Waals surface area contributed by atoms with Crippen LogP contribution in [0.4, 0.5) is 0 Å². The van der Waals surface area contributed by atoms with E-state index in [-0.39, 0.29) is 25.3 Å². The van der Waals surface area contributed by atoms with Gasteiger partial charge < -0.3 is 43.2 Å². The third-order valence-corrected chi connectivity index (χ3v) is 5.54. The number of carboxylic acids is 1. The molecular formula is C20H35N9O5S. The summed E-state index contributed by atoms with van der Waals surface area (Å²) in [5.74, 6) is -2.49. The lowest BCUT2D eigenvalue weighted by Crippen LogP contribution is -2.57. The highest BCUT2D eigenvalue weighted by atomic mass is 32.2. The molecule has 0 aliphatic carbocycles. The topological polar surface area (TPSA) is 244 Å². The molecule has 1 heterocycles. The van der Waals surface area contributed by atoms with Crippen LogP contribution < -0.4 is 33.2 Å². The Morgan fingerprint density at radius 1 is 1.11 bits per heavy atom. The molecule has 14 nitrogen and oxygen atoms in total. The van der Waals surface area contributed by atoms with Crippen LogP contribution in [0, 0.1) is 0 Å². The lowest BCUT2D eigenvalue weighted by molar-refractivity contribution is -0.142. The fourth-order valence-electron chi connectivity index (χ4n) is 2.92. The van der Waals surface area contributed by atoms with Crippen molar-refractivity contribution in [2.45, 2.75) is 56.8 Å². The maximum atomic E-state index is 12.9. The molecule has 0 saturated carbocycles. The van der Waals surface area contributed by atoms with Crippen molar-refractivity contribution in [2.75, 3.05) is 18.6 Å². The lowest BCUT2D eigenvalue weighted by Gasteiger charge is -2.23. The van der Waals surface area contributed by atoms with Gasteiger partial charge in [0.25, 0.3) is 0 Å². The second kappa shape index (κ2) is 15.5. The molecule has 35 heavy (non-hydrogen) atoms. The van der Waals surface area contributed by atoms with Gasteiger partial charge in [0.1, 0.15) is 18.1 Å². The zero-order valence-corrected chi connectivity index (χ0v) is 20.6. The molecule has 0 fully saturated rings.